The molecular formula is C14H20N2O2. The molecule has 4 heteroatoms. The van der Waals surface area contributed by atoms with E-state index in [2.05, 4.69) is 17.2 Å². The lowest BCUT2D eigenvalue weighted by Gasteiger charge is -2.00. The molecule has 0 aliphatic heterocycles. The first-order valence-corrected chi connectivity index (χ1v) is 6.50. The van der Waals surface area contributed by atoms with Crippen LogP contribution in [0.1, 0.15) is 31.4 Å². The molecule has 2 heterocycles. The van der Waals surface area contributed by atoms with Crippen LogP contribution in [-0.4, -0.2) is 18.1 Å². The summed E-state index contributed by atoms with van der Waals surface area (Å²) in [7, 11) is 0. The van der Waals surface area contributed by atoms with E-state index < -0.39 is 0 Å². The van der Waals surface area contributed by atoms with Crippen molar-refractivity contribution in [2.45, 2.75) is 33.1 Å². The third-order valence-corrected chi connectivity index (χ3v) is 2.74. The van der Waals surface area contributed by atoms with Crippen molar-refractivity contribution in [3.05, 3.63) is 30.2 Å². The quantitative estimate of drug-likeness (QED) is 0.765. The fourth-order valence-electron chi connectivity index (χ4n) is 1.80. The predicted octanol–water partition coefficient (Wildman–Crippen LogP) is 3.18. The van der Waals surface area contributed by atoms with Gasteiger partial charge in [-0.2, -0.15) is 0 Å². The molecule has 0 radical (unpaired) electrons. The van der Waals surface area contributed by atoms with Crippen LogP contribution < -0.4 is 5.32 Å². The highest BCUT2D eigenvalue weighted by Crippen LogP contribution is 2.22. The molecular weight excluding hydrogens is 228 g/mol. The molecule has 2 aromatic rings. The van der Waals surface area contributed by atoms with Gasteiger partial charge in [-0.15, -0.1) is 0 Å². The van der Waals surface area contributed by atoms with Gasteiger partial charge in [0, 0.05) is 6.42 Å². The molecule has 4 nitrogen and oxygen atoms in total. The number of aryl methyl sites for hydroxylation is 2. The summed E-state index contributed by atoms with van der Waals surface area (Å²) in [6.07, 6.45) is 6.54. The van der Waals surface area contributed by atoms with E-state index in [0.717, 1.165) is 48.9 Å². The maximum absolute atomic E-state index is 5.69. The number of furan rings is 1. The highest BCUT2D eigenvalue weighted by atomic mass is 16.4. The van der Waals surface area contributed by atoms with Gasteiger partial charge < -0.3 is 14.2 Å². The second kappa shape index (κ2) is 6.40. The highest BCUT2D eigenvalue weighted by Gasteiger charge is 2.08. The first-order chi connectivity index (χ1) is 8.79. The summed E-state index contributed by atoms with van der Waals surface area (Å²) < 4.78 is 10.9. The minimum absolute atomic E-state index is 0.781. The minimum Gasteiger partial charge on any atom is -0.469 e. The zero-order valence-corrected chi connectivity index (χ0v) is 11.0. The van der Waals surface area contributed by atoms with E-state index in [1.165, 1.54) is 6.42 Å². The van der Waals surface area contributed by atoms with Crippen molar-refractivity contribution in [1.29, 1.82) is 0 Å². The summed E-state index contributed by atoms with van der Waals surface area (Å²) in [6.45, 7) is 6.17. The number of aromatic nitrogens is 1. The molecule has 98 valence electrons. The number of hydrogen-bond acceptors (Lipinski definition) is 4. The standard InChI is InChI=1S/C14H20N2O2/c1-3-6-15-7-4-5-14-16-9-13(18-14)12-8-11(2)17-10-12/h8-10,15H,3-7H2,1-2H3. The molecule has 0 fully saturated rings. The second-order valence-electron chi connectivity index (χ2n) is 4.42. The van der Waals surface area contributed by atoms with Crippen LogP contribution in [0.5, 0.6) is 0 Å². The maximum atomic E-state index is 5.69. The van der Waals surface area contributed by atoms with Gasteiger partial charge in [0.1, 0.15) is 12.0 Å². The number of hydrogen-bond donors (Lipinski definition) is 1. The lowest BCUT2D eigenvalue weighted by molar-refractivity contribution is 0.490. The second-order valence-corrected chi connectivity index (χ2v) is 4.42. The first-order valence-electron chi connectivity index (χ1n) is 6.50. The Morgan fingerprint density at radius 1 is 1.33 bits per heavy atom. The summed E-state index contributed by atoms with van der Waals surface area (Å²) >= 11 is 0. The lowest BCUT2D eigenvalue weighted by atomic mass is 10.3. The van der Waals surface area contributed by atoms with Crippen LogP contribution in [0.2, 0.25) is 0 Å². The van der Waals surface area contributed by atoms with E-state index >= 15 is 0 Å². The summed E-state index contributed by atoms with van der Waals surface area (Å²) in [5.41, 5.74) is 0.954. The van der Waals surface area contributed by atoms with Gasteiger partial charge in [-0.05, 0) is 38.9 Å². The fourth-order valence-corrected chi connectivity index (χ4v) is 1.80. The van der Waals surface area contributed by atoms with Crippen LogP contribution in [0.15, 0.2) is 27.4 Å². The Balaban J connectivity index is 1.83. The van der Waals surface area contributed by atoms with E-state index in [9.17, 15) is 0 Å². The number of nitrogens with zero attached hydrogens (tertiary/aromatic N) is 1. The van der Waals surface area contributed by atoms with Crippen molar-refractivity contribution in [1.82, 2.24) is 10.3 Å². The normalized spacial score (nSPS) is 11.0. The van der Waals surface area contributed by atoms with Gasteiger partial charge >= 0.3 is 0 Å². The van der Waals surface area contributed by atoms with Gasteiger partial charge in [0.25, 0.3) is 0 Å². The zero-order valence-electron chi connectivity index (χ0n) is 11.0. The SMILES string of the molecule is CCCNCCCc1ncc(-c2coc(C)c2)o1. The smallest absolute Gasteiger partial charge is 0.194 e. The zero-order chi connectivity index (χ0) is 12.8. The summed E-state index contributed by atoms with van der Waals surface area (Å²) in [5.74, 6) is 2.46. The van der Waals surface area contributed by atoms with Crippen LogP contribution in [0.4, 0.5) is 0 Å². The Kier molecular flexibility index (Phi) is 4.59. The van der Waals surface area contributed by atoms with E-state index in [4.69, 9.17) is 8.83 Å². The third-order valence-electron chi connectivity index (χ3n) is 2.74. The molecule has 1 N–H and O–H groups in total. The molecule has 0 amide bonds. The van der Waals surface area contributed by atoms with E-state index in [1.807, 2.05) is 13.0 Å². The number of nitrogens with one attached hydrogen (secondary N) is 1. The van der Waals surface area contributed by atoms with E-state index in [1.54, 1.807) is 12.5 Å². The Morgan fingerprint density at radius 3 is 2.94 bits per heavy atom. The van der Waals surface area contributed by atoms with Gasteiger partial charge in [-0.25, -0.2) is 4.98 Å². The topological polar surface area (TPSA) is 51.2 Å². The van der Waals surface area contributed by atoms with Gasteiger partial charge in [-0.3, -0.25) is 0 Å². The average molecular weight is 248 g/mol. The summed E-state index contributed by atoms with van der Waals surface area (Å²) in [6, 6.07) is 1.95. The highest BCUT2D eigenvalue weighted by molar-refractivity contribution is 5.55. The van der Waals surface area contributed by atoms with Gasteiger partial charge in [0.15, 0.2) is 11.7 Å². The van der Waals surface area contributed by atoms with Crippen molar-refractivity contribution >= 4 is 0 Å². The van der Waals surface area contributed by atoms with Crippen LogP contribution in [0.25, 0.3) is 11.3 Å². The monoisotopic (exact) mass is 248 g/mol. The minimum atomic E-state index is 0.781. The van der Waals surface area contributed by atoms with E-state index in [-0.39, 0.29) is 0 Å². The van der Waals surface area contributed by atoms with Crippen molar-refractivity contribution in [2.24, 2.45) is 0 Å². The van der Waals surface area contributed by atoms with Gasteiger partial charge in [0.05, 0.1) is 11.8 Å². The van der Waals surface area contributed by atoms with Crippen LogP contribution in [0.3, 0.4) is 0 Å². The summed E-state index contributed by atoms with van der Waals surface area (Å²) in [4.78, 5) is 4.28. The van der Waals surface area contributed by atoms with Crippen LogP contribution in [0, 0.1) is 6.92 Å². The number of oxazole rings is 1. The molecule has 0 unspecified atom stereocenters. The Bertz CT molecular complexity index is 474. The molecule has 0 spiro atoms. The van der Waals surface area contributed by atoms with Gasteiger partial charge in [-0.1, -0.05) is 6.92 Å². The Labute approximate surface area is 107 Å². The largest absolute Gasteiger partial charge is 0.469 e. The molecule has 0 saturated carbocycles. The lowest BCUT2D eigenvalue weighted by Crippen LogP contribution is -2.16. The fraction of sp³-hybridized carbons (Fsp3) is 0.500. The molecule has 18 heavy (non-hydrogen) atoms. The maximum Gasteiger partial charge on any atom is 0.194 e. The van der Waals surface area contributed by atoms with Crippen molar-refractivity contribution in [2.75, 3.05) is 13.1 Å². The first kappa shape index (κ1) is 12.9. The van der Waals surface area contributed by atoms with Gasteiger partial charge in [0.2, 0.25) is 0 Å². The average Bonchev–Trinajstić information content (AvgIpc) is 2.97. The molecule has 2 aromatic heterocycles. The summed E-state index contributed by atoms with van der Waals surface area (Å²) in [5, 5.41) is 3.36. The molecule has 0 atom stereocenters. The Morgan fingerprint density at radius 2 is 2.22 bits per heavy atom. The molecule has 0 aliphatic carbocycles. The van der Waals surface area contributed by atoms with Crippen LogP contribution >= 0.6 is 0 Å². The third kappa shape index (κ3) is 3.47. The number of rotatable bonds is 7. The van der Waals surface area contributed by atoms with Crippen LogP contribution in [-0.2, 0) is 6.42 Å². The van der Waals surface area contributed by atoms with E-state index in [0.29, 0.717) is 0 Å². The Hall–Kier alpha value is -1.55. The molecule has 0 bridgehead atoms. The molecule has 0 aliphatic rings. The predicted molar refractivity (Wildman–Crippen MR) is 70.4 cm³/mol. The molecule has 0 saturated heterocycles. The van der Waals surface area contributed by atoms with Crippen molar-refractivity contribution < 1.29 is 8.83 Å². The molecule has 0 aromatic carbocycles. The van der Waals surface area contributed by atoms with Crippen molar-refractivity contribution in [3.63, 3.8) is 0 Å². The molecule has 2 rings (SSSR count). The van der Waals surface area contributed by atoms with Crippen molar-refractivity contribution in [3.8, 4) is 11.3 Å².